The third-order valence-electron chi connectivity index (χ3n) is 6.52. The molecule has 2 aromatic carbocycles. The standard InChI is InChI=1S/C25H26N4O6/c1-15-12-21(30)26-17-6-3-4-7-18(17)29(15)22(31)14-28-23(32)25(2,27-24(28)33)16-8-9-19-20(13-16)35-11-5-10-34-19/h3-4,6-9,13,15H,5,10-12,14H2,1-2H3,(H,26,30)(H,27,33)/t15-,25+/m1/s1. The van der Waals surface area contributed by atoms with Crippen molar-refractivity contribution in [1.82, 2.24) is 10.2 Å². The number of benzene rings is 2. The summed E-state index contributed by atoms with van der Waals surface area (Å²) in [6, 6.07) is 10.9. The Hall–Kier alpha value is -4.08. The van der Waals surface area contributed by atoms with Crippen LogP contribution >= 0.6 is 0 Å². The lowest BCUT2D eigenvalue weighted by molar-refractivity contribution is -0.134. The van der Waals surface area contributed by atoms with Gasteiger partial charge in [-0.15, -0.1) is 0 Å². The number of anilines is 2. The first-order chi connectivity index (χ1) is 16.8. The molecule has 35 heavy (non-hydrogen) atoms. The number of hydrogen-bond acceptors (Lipinski definition) is 6. The second-order valence-electron chi connectivity index (χ2n) is 9.04. The van der Waals surface area contributed by atoms with E-state index < -0.39 is 36.0 Å². The van der Waals surface area contributed by atoms with E-state index in [1.807, 2.05) is 0 Å². The van der Waals surface area contributed by atoms with Gasteiger partial charge in [0.05, 0.1) is 24.6 Å². The molecule has 1 fully saturated rings. The number of hydrogen-bond donors (Lipinski definition) is 2. The van der Waals surface area contributed by atoms with Crippen molar-refractivity contribution in [3.05, 3.63) is 48.0 Å². The van der Waals surface area contributed by atoms with Gasteiger partial charge < -0.3 is 25.0 Å². The summed E-state index contributed by atoms with van der Waals surface area (Å²) in [4.78, 5) is 54.4. The van der Waals surface area contributed by atoms with Crippen LogP contribution in [0.15, 0.2) is 42.5 Å². The smallest absolute Gasteiger partial charge is 0.325 e. The molecule has 2 N–H and O–H groups in total. The highest BCUT2D eigenvalue weighted by Gasteiger charge is 2.50. The van der Waals surface area contributed by atoms with Gasteiger partial charge in [0.1, 0.15) is 12.1 Å². The fraction of sp³-hybridized carbons (Fsp3) is 0.360. The molecule has 0 unspecified atom stereocenters. The van der Waals surface area contributed by atoms with E-state index in [4.69, 9.17) is 9.47 Å². The van der Waals surface area contributed by atoms with Gasteiger partial charge in [-0.3, -0.25) is 19.3 Å². The number of carbonyl (C=O) groups is 4. The molecule has 0 radical (unpaired) electrons. The maximum atomic E-state index is 13.5. The second-order valence-corrected chi connectivity index (χ2v) is 9.04. The first-order valence-corrected chi connectivity index (χ1v) is 11.5. The van der Waals surface area contributed by atoms with E-state index in [0.717, 1.165) is 11.3 Å². The van der Waals surface area contributed by atoms with Crippen molar-refractivity contribution in [2.24, 2.45) is 0 Å². The third-order valence-corrected chi connectivity index (χ3v) is 6.52. The van der Waals surface area contributed by atoms with Crippen molar-refractivity contribution in [3.63, 3.8) is 0 Å². The van der Waals surface area contributed by atoms with Crippen LogP contribution in [-0.4, -0.2) is 54.5 Å². The molecule has 5 rings (SSSR count). The minimum Gasteiger partial charge on any atom is -0.490 e. The summed E-state index contributed by atoms with van der Waals surface area (Å²) in [7, 11) is 0. The maximum Gasteiger partial charge on any atom is 0.325 e. The van der Waals surface area contributed by atoms with Crippen LogP contribution in [0.2, 0.25) is 0 Å². The number of nitrogens with zero attached hydrogens (tertiary/aromatic N) is 2. The van der Waals surface area contributed by atoms with Gasteiger partial charge in [0.2, 0.25) is 11.8 Å². The zero-order valence-electron chi connectivity index (χ0n) is 19.5. The molecule has 182 valence electrons. The van der Waals surface area contributed by atoms with Gasteiger partial charge in [-0.05, 0) is 43.7 Å². The van der Waals surface area contributed by atoms with Gasteiger partial charge in [0, 0.05) is 18.9 Å². The molecule has 3 aliphatic heterocycles. The Balaban J connectivity index is 1.41. The molecule has 10 heteroatoms. The number of rotatable bonds is 3. The highest BCUT2D eigenvalue weighted by Crippen LogP contribution is 2.37. The molecular weight excluding hydrogens is 452 g/mol. The Bertz CT molecular complexity index is 1230. The number of ether oxygens (including phenoxy) is 2. The van der Waals surface area contributed by atoms with Crippen LogP contribution in [0.3, 0.4) is 0 Å². The minimum atomic E-state index is -1.37. The molecule has 10 nitrogen and oxygen atoms in total. The summed E-state index contributed by atoms with van der Waals surface area (Å²) in [5, 5.41) is 5.53. The predicted molar refractivity (Wildman–Crippen MR) is 126 cm³/mol. The lowest BCUT2D eigenvalue weighted by atomic mass is 9.91. The van der Waals surface area contributed by atoms with Gasteiger partial charge in [-0.1, -0.05) is 18.2 Å². The average molecular weight is 479 g/mol. The van der Waals surface area contributed by atoms with Crippen molar-refractivity contribution in [3.8, 4) is 11.5 Å². The first kappa shape index (κ1) is 22.7. The summed E-state index contributed by atoms with van der Waals surface area (Å²) in [5.41, 5.74) is 0.179. The minimum absolute atomic E-state index is 0.0927. The molecule has 3 aliphatic rings. The van der Waals surface area contributed by atoms with Crippen LogP contribution < -0.4 is 25.0 Å². The number of fused-ring (bicyclic) bond motifs is 2. The van der Waals surface area contributed by atoms with Crippen molar-refractivity contribution in [2.75, 3.05) is 30.0 Å². The van der Waals surface area contributed by atoms with Crippen LogP contribution in [0.4, 0.5) is 16.2 Å². The van der Waals surface area contributed by atoms with Crippen LogP contribution in [0, 0.1) is 0 Å². The third kappa shape index (κ3) is 3.94. The summed E-state index contributed by atoms with van der Waals surface area (Å²) in [6.45, 7) is 3.92. The van der Waals surface area contributed by atoms with Gasteiger partial charge in [-0.25, -0.2) is 4.79 Å². The molecule has 1 saturated heterocycles. The molecule has 5 amide bonds. The predicted octanol–water partition coefficient (Wildman–Crippen LogP) is 2.38. The number of para-hydroxylation sites is 2. The molecule has 0 aromatic heterocycles. The van der Waals surface area contributed by atoms with Gasteiger partial charge in [0.25, 0.3) is 5.91 Å². The average Bonchev–Trinajstić information content (AvgIpc) is 3.02. The number of urea groups is 1. The number of amides is 5. The molecule has 0 spiro atoms. The zero-order chi connectivity index (χ0) is 24.7. The van der Waals surface area contributed by atoms with Crippen LogP contribution in [0.25, 0.3) is 0 Å². The molecule has 2 aromatic rings. The van der Waals surface area contributed by atoms with Crippen LogP contribution in [-0.2, 0) is 19.9 Å². The van der Waals surface area contributed by atoms with Crippen LogP contribution in [0.1, 0.15) is 32.3 Å². The zero-order valence-corrected chi connectivity index (χ0v) is 19.5. The highest BCUT2D eigenvalue weighted by atomic mass is 16.5. The molecule has 0 bridgehead atoms. The van der Waals surface area contributed by atoms with E-state index in [0.29, 0.717) is 41.7 Å². The fourth-order valence-electron chi connectivity index (χ4n) is 4.69. The Morgan fingerprint density at radius 2 is 1.83 bits per heavy atom. The summed E-state index contributed by atoms with van der Waals surface area (Å²) in [5.74, 6) is -0.138. The summed E-state index contributed by atoms with van der Waals surface area (Å²) >= 11 is 0. The van der Waals surface area contributed by atoms with Crippen molar-refractivity contribution in [2.45, 2.75) is 38.3 Å². The van der Waals surface area contributed by atoms with Crippen molar-refractivity contribution in [1.29, 1.82) is 0 Å². The Morgan fingerprint density at radius 3 is 2.63 bits per heavy atom. The van der Waals surface area contributed by atoms with Crippen molar-refractivity contribution < 1.29 is 28.7 Å². The van der Waals surface area contributed by atoms with E-state index in [1.54, 1.807) is 56.3 Å². The quantitative estimate of drug-likeness (QED) is 0.655. The lowest BCUT2D eigenvalue weighted by Gasteiger charge is -2.29. The molecule has 0 saturated carbocycles. The van der Waals surface area contributed by atoms with Crippen LogP contribution in [0.5, 0.6) is 11.5 Å². The lowest BCUT2D eigenvalue weighted by Crippen LogP contribution is -2.47. The Labute approximate surface area is 202 Å². The van der Waals surface area contributed by atoms with E-state index in [1.165, 1.54) is 4.90 Å². The maximum absolute atomic E-state index is 13.5. The number of imide groups is 1. The van der Waals surface area contributed by atoms with E-state index >= 15 is 0 Å². The first-order valence-electron chi connectivity index (χ1n) is 11.5. The van der Waals surface area contributed by atoms with Gasteiger partial charge >= 0.3 is 6.03 Å². The summed E-state index contributed by atoms with van der Waals surface area (Å²) in [6.07, 6.45) is 0.835. The van der Waals surface area contributed by atoms with E-state index in [2.05, 4.69) is 10.6 Å². The molecule has 0 aliphatic carbocycles. The van der Waals surface area contributed by atoms with Gasteiger partial charge in [-0.2, -0.15) is 0 Å². The second kappa shape index (κ2) is 8.61. The number of nitrogens with one attached hydrogen (secondary N) is 2. The largest absolute Gasteiger partial charge is 0.490 e. The Morgan fingerprint density at radius 1 is 1.09 bits per heavy atom. The van der Waals surface area contributed by atoms with Crippen molar-refractivity contribution >= 4 is 35.1 Å². The number of carbonyl (C=O) groups excluding carboxylic acids is 4. The topological polar surface area (TPSA) is 117 Å². The highest BCUT2D eigenvalue weighted by molar-refractivity contribution is 6.12. The normalized spacial score (nSPS) is 23.7. The summed E-state index contributed by atoms with van der Waals surface area (Å²) < 4.78 is 11.4. The van der Waals surface area contributed by atoms with E-state index in [9.17, 15) is 19.2 Å². The van der Waals surface area contributed by atoms with E-state index in [-0.39, 0.29) is 12.3 Å². The Kier molecular flexibility index (Phi) is 5.58. The monoisotopic (exact) mass is 478 g/mol. The van der Waals surface area contributed by atoms with Gasteiger partial charge in [0.15, 0.2) is 11.5 Å². The molecule has 3 heterocycles. The fourth-order valence-corrected chi connectivity index (χ4v) is 4.69. The SMILES string of the molecule is C[C@@H]1CC(=O)Nc2ccccc2N1C(=O)CN1C(=O)N[C@@](C)(c2ccc3c(c2)OCCCO3)C1=O. The molecular formula is C25H26N4O6. The molecule has 2 atom stereocenters.